The highest BCUT2D eigenvalue weighted by molar-refractivity contribution is 5.87. The van der Waals surface area contributed by atoms with Crippen molar-refractivity contribution < 1.29 is 100 Å². The van der Waals surface area contributed by atoms with Crippen molar-refractivity contribution in [2.24, 2.45) is 5.92 Å². The lowest BCUT2D eigenvalue weighted by Gasteiger charge is -2.22. The zero-order valence-corrected chi connectivity index (χ0v) is 92.3. The number of Topliss-reactive ketones (excluding diaryl/α,β-unsaturated/α-hetero) is 1. The minimum absolute atomic E-state index is 0.0130. The molecule has 0 fully saturated rings. The SMILES string of the molecule is CCCC/C=C\C/C=C\CCCCCCCC(=O)OCCN(CCOC(=O)CCCCCCC/C=C\C/C=C\CCCCC)C(=O)CCC(=O)NCCCC[C@H](CC(C)=O)C(=O)NCCCOCCOCCOCCOCCOCCCNC(=O)[C@H](CCCCNC(=O)CCC(=O)N(CCOC(=O)CCCCCCC/C=C\C/C=C\CCCCC)CCOC(=O)CCCCCCC/C=C\C/C=C\CCCCC)NC(C)=O. The molecular weight excluding hydrogens is 1850 g/mol. The molecule has 0 heterocycles. The van der Waals surface area contributed by atoms with Gasteiger partial charge in [-0.3, -0.25) is 52.7 Å². The summed E-state index contributed by atoms with van der Waals surface area (Å²) in [6.07, 6.45) is 87.1. The molecule has 5 N–H and O–H groups in total. The summed E-state index contributed by atoms with van der Waals surface area (Å²) in [6.45, 7) is 17.0. The third-order valence-electron chi connectivity index (χ3n) is 24.6. The molecule has 0 unspecified atom stereocenters. The van der Waals surface area contributed by atoms with Gasteiger partial charge >= 0.3 is 23.9 Å². The number of amides is 7. The Morgan fingerprint density at radius 3 is 0.815 bits per heavy atom. The van der Waals surface area contributed by atoms with Gasteiger partial charge in [0.25, 0.3) is 0 Å². The van der Waals surface area contributed by atoms with Crippen molar-refractivity contribution in [3.05, 3.63) is 97.2 Å². The van der Waals surface area contributed by atoms with E-state index in [0.717, 1.165) is 205 Å². The lowest BCUT2D eigenvalue weighted by molar-refractivity contribution is -0.148. The van der Waals surface area contributed by atoms with Crippen LogP contribution in [0.3, 0.4) is 0 Å². The number of hydrogen-bond acceptors (Lipinski definition) is 21. The van der Waals surface area contributed by atoms with Gasteiger partial charge in [-0.05, 0) is 200 Å². The number of rotatable bonds is 108. The summed E-state index contributed by atoms with van der Waals surface area (Å²) < 4.78 is 50.5. The Labute approximate surface area is 883 Å². The van der Waals surface area contributed by atoms with Crippen LogP contribution >= 0.6 is 0 Å². The fourth-order valence-corrected chi connectivity index (χ4v) is 15.8. The van der Waals surface area contributed by atoms with Gasteiger partial charge in [0.15, 0.2) is 0 Å². The summed E-state index contributed by atoms with van der Waals surface area (Å²) in [7, 11) is 0. The predicted molar refractivity (Wildman–Crippen MR) is 588 cm³/mol. The molecule has 146 heavy (non-hydrogen) atoms. The normalized spacial score (nSPS) is 12.2. The van der Waals surface area contributed by atoms with E-state index in [1.165, 1.54) is 94.3 Å². The van der Waals surface area contributed by atoms with Crippen molar-refractivity contribution in [2.75, 3.05) is 145 Å². The molecule has 0 rings (SSSR count). The van der Waals surface area contributed by atoms with Gasteiger partial charge in [-0.2, -0.15) is 0 Å². The Morgan fingerprint density at radius 2 is 0.514 bits per heavy atom. The highest BCUT2D eigenvalue weighted by Crippen LogP contribution is 2.19. The summed E-state index contributed by atoms with van der Waals surface area (Å²) in [5, 5.41) is 14.3. The molecule has 0 aromatic heterocycles. The summed E-state index contributed by atoms with van der Waals surface area (Å²) >= 11 is 0. The van der Waals surface area contributed by atoms with Crippen LogP contribution in [0.4, 0.5) is 0 Å². The fourth-order valence-electron chi connectivity index (χ4n) is 15.8. The summed E-state index contributed by atoms with van der Waals surface area (Å²) in [6, 6.07) is -0.767. The van der Waals surface area contributed by atoms with Crippen molar-refractivity contribution in [1.29, 1.82) is 0 Å². The third kappa shape index (κ3) is 100. The van der Waals surface area contributed by atoms with E-state index in [2.05, 4.69) is 151 Å². The van der Waals surface area contributed by atoms with E-state index in [1.54, 1.807) is 0 Å². The number of esters is 4. The molecule has 28 nitrogen and oxygen atoms in total. The van der Waals surface area contributed by atoms with Gasteiger partial charge in [0.1, 0.15) is 38.3 Å². The topological polar surface area (TPSA) is 355 Å². The predicted octanol–water partition coefficient (Wildman–Crippen LogP) is 23.0. The molecule has 0 spiro atoms. The first kappa shape index (κ1) is 138. The van der Waals surface area contributed by atoms with E-state index < -0.39 is 12.0 Å². The van der Waals surface area contributed by atoms with Crippen molar-refractivity contribution in [2.45, 2.75) is 433 Å². The molecule has 838 valence electrons. The van der Waals surface area contributed by atoms with Gasteiger partial charge in [0.05, 0.1) is 79.0 Å². The second-order valence-electron chi connectivity index (χ2n) is 38.1. The number of nitrogens with one attached hydrogen (secondary N) is 5. The maximum atomic E-state index is 13.6. The number of allylic oxidation sites excluding steroid dienone is 16. The minimum atomic E-state index is -0.767. The number of nitrogens with zero attached hydrogens (tertiary/aromatic N) is 2. The fraction of sp³-hybridized carbons (Fsp3) is 0.763. The van der Waals surface area contributed by atoms with Gasteiger partial charge in [-0.25, -0.2) is 0 Å². The second kappa shape index (κ2) is 109. The van der Waals surface area contributed by atoms with E-state index >= 15 is 0 Å². The highest BCUT2D eigenvalue weighted by atomic mass is 16.6. The van der Waals surface area contributed by atoms with Crippen LogP contribution in [0.25, 0.3) is 0 Å². The van der Waals surface area contributed by atoms with Crippen molar-refractivity contribution in [3.63, 3.8) is 0 Å². The summed E-state index contributed by atoms with van der Waals surface area (Å²) in [5.41, 5.74) is 0. The highest BCUT2D eigenvalue weighted by Gasteiger charge is 2.24. The Kier molecular flexibility index (Phi) is 103. The molecule has 0 saturated carbocycles. The Bertz CT molecular complexity index is 3390. The Morgan fingerprint density at radius 1 is 0.247 bits per heavy atom. The van der Waals surface area contributed by atoms with Gasteiger partial charge < -0.3 is 83.8 Å². The lowest BCUT2D eigenvalue weighted by Crippen LogP contribution is -2.46. The molecule has 28 heteroatoms. The van der Waals surface area contributed by atoms with Crippen LogP contribution in [0.1, 0.15) is 427 Å². The van der Waals surface area contributed by atoms with Gasteiger partial charge in [0, 0.05) is 110 Å². The standard InChI is InChI=1S/C118H205N7O21/c1-7-11-15-19-23-27-31-35-39-43-47-51-55-59-63-75-114(133)144-93-87-124(86-92-143-113(132)74-62-58-54-50-46-42-38-34-30-26-22-18-14-10-4)111(130)80-78-109(128)119-82-68-66-72-107(104-105(5)126)117(136)121-84-70-90-138-96-98-140-100-102-142-103-101-141-99-97-139-91-71-85-122-118(137)108(123-106(6)127)73-67-69-83-120-110(129)79-81-112(131)125(88-94-145-115(134)76-64-60-56-52-48-44-40-36-32-28-24-20-16-12-8-2)89-95-146-116(135)77-65-61-57-53-49-45-41-37-33-29-25-21-17-13-9-3/h22-29,34-41,107-108H,7-21,30-33,42-104H2,1-6H3,(H,119,128)(H,120,129)(H,121,136)(H,122,137)(H,123,127)/b26-22-,27-23-,28-24-,29-25-,38-34-,39-35-,40-36-,41-37-/t107-,108+/m1/s1. The average Bonchev–Trinajstić information content (AvgIpc) is 0.939. The molecular formula is C118H205N7O21. The van der Waals surface area contributed by atoms with Crippen LogP contribution in [0.2, 0.25) is 0 Å². The zero-order chi connectivity index (χ0) is 106. The van der Waals surface area contributed by atoms with Crippen LogP contribution in [-0.2, 0) is 100 Å². The first-order chi connectivity index (χ1) is 71.4. The third-order valence-corrected chi connectivity index (χ3v) is 24.6. The lowest BCUT2D eigenvalue weighted by atomic mass is 9.95. The number of carbonyl (C=O) groups is 12. The first-order valence-corrected chi connectivity index (χ1v) is 57.5. The molecule has 0 radical (unpaired) electrons. The zero-order valence-electron chi connectivity index (χ0n) is 92.3. The van der Waals surface area contributed by atoms with Gasteiger partial charge in [-0.15, -0.1) is 0 Å². The van der Waals surface area contributed by atoms with E-state index in [1.807, 2.05) is 0 Å². The molecule has 0 aromatic rings. The monoisotopic (exact) mass is 2060 g/mol. The molecule has 0 saturated heterocycles. The number of unbranched alkanes of at least 4 members (excludes halogenated alkanes) is 33. The molecule has 0 aliphatic heterocycles. The van der Waals surface area contributed by atoms with Gasteiger partial charge in [-0.1, -0.05) is 260 Å². The van der Waals surface area contributed by atoms with Crippen molar-refractivity contribution in [3.8, 4) is 0 Å². The maximum Gasteiger partial charge on any atom is 0.305 e. The smallest absolute Gasteiger partial charge is 0.305 e. The number of ketones is 1. The average molecular weight is 2060 g/mol. The van der Waals surface area contributed by atoms with Crippen molar-refractivity contribution >= 4 is 71.0 Å². The van der Waals surface area contributed by atoms with Crippen LogP contribution < -0.4 is 26.6 Å². The molecule has 0 bridgehead atoms. The Hall–Kier alpha value is -8.44. The Balaban J connectivity index is 4.68. The summed E-state index contributed by atoms with van der Waals surface area (Å²) in [5.74, 6) is -4.08. The van der Waals surface area contributed by atoms with Gasteiger partial charge in [0.2, 0.25) is 41.4 Å². The van der Waals surface area contributed by atoms with E-state index in [0.29, 0.717) is 169 Å². The second-order valence-corrected chi connectivity index (χ2v) is 38.1. The number of ether oxygens (including phenoxy) is 9. The molecule has 7 amide bonds. The molecule has 0 aromatic carbocycles. The van der Waals surface area contributed by atoms with E-state index in [4.69, 9.17) is 42.6 Å². The maximum absolute atomic E-state index is 13.6. The van der Waals surface area contributed by atoms with Crippen LogP contribution in [0, 0.1) is 5.92 Å². The van der Waals surface area contributed by atoms with E-state index in [9.17, 15) is 57.5 Å². The molecule has 0 aliphatic rings. The number of carbonyl (C=O) groups excluding carboxylic acids is 12. The van der Waals surface area contributed by atoms with Crippen LogP contribution in [0.15, 0.2) is 97.2 Å². The summed E-state index contributed by atoms with van der Waals surface area (Å²) in [4.78, 5) is 158. The van der Waals surface area contributed by atoms with Crippen LogP contribution in [-0.4, -0.2) is 232 Å². The largest absolute Gasteiger partial charge is 0.464 e. The number of hydrogen-bond donors (Lipinski definition) is 5. The first-order valence-electron chi connectivity index (χ1n) is 57.5. The van der Waals surface area contributed by atoms with Crippen molar-refractivity contribution in [1.82, 2.24) is 36.4 Å². The van der Waals surface area contributed by atoms with Crippen LogP contribution in [0.5, 0.6) is 0 Å². The molecule has 0 aliphatic carbocycles. The van der Waals surface area contributed by atoms with E-state index in [-0.39, 0.29) is 156 Å². The minimum Gasteiger partial charge on any atom is -0.464 e. The molecule has 2 atom stereocenters. The quantitative estimate of drug-likeness (QED) is 0.0163.